The molecule has 1 aromatic rings. The van der Waals surface area contributed by atoms with Crippen LogP contribution in [0.3, 0.4) is 0 Å². The van der Waals surface area contributed by atoms with Gasteiger partial charge in [0.25, 0.3) is 5.91 Å². The van der Waals surface area contributed by atoms with Crippen molar-refractivity contribution in [3.8, 4) is 0 Å². The van der Waals surface area contributed by atoms with Gasteiger partial charge in [0.2, 0.25) is 10.0 Å². The molecule has 0 radical (unpaired) electrons. The van der Waals surface area contributed by atoms with Crippen LogP contribution in [0.5, 0.6) is 0 Å². The van der Waals surface area contributed by atoms with E-state index in [2.05, 4.69) is 10.0 Å². The van der Waals surface area contributed by atoms with E-state index in [1.165, 1.54) is 20.2 Å². The molecule has 0 bridgehead atoms. The van der Waals surface area contributed by atoms with E-state index in [0.717, 1.165) is 0 Å². The van der Waals surface area contributed by atoms with E-state index in [9.17, 15) is 18.0 Å². The smallest absolute Gasteiger partial charge is 0.328 e. The number of esters is 1. The SMILES string of the molecule is CNS(=O)(=O)c1cc(C(=O)NC(CC(C)C)C(=O)OC)cc(C)c1C. The topological polar surface area (TPSA) is 102 Å². The summed E-state index contributed by atoms with van der Waals surface area (Å²) in [4.78, 5) is 24.5. The Labute approximate surface area is 149 Å². The highest BCUT2D eigenvalue weighted by Crippen LogP contribution is 2.21. The lowest BCUT2D eigenvalue weighted by Crippen LogP contribution is -2.42. The highest BCUT2D eigenvalue weighted by atomic mass is 32.2. The molecule has 1 atom stereocenters. The minimum absolute atomic E-state index is 0.0404. The fraction of sp³-hybridized carbons (Fsp3) is 0.529. The zero-order valence-corrected chi connectivity index (χ0v) is 16.3. The van der Waals surface area contributed by atoms with E-state index in [1.54, 1.807) is 19.9 Å². The third-order valence-corrected chi connectivity index (χ3v) is 5.48. The third kappa shape index (κ3) is 5.27. The lowest BCUT2D eigenvalue weighted by Gasteiger charge is -2.19. The Hall–Kier alpha value is -1.93. The molecule has 0 aliphatic heterocycles. The van der Waals surface area contributed by atoms with Crippen molar-refractivity contribution in [1.29, 1.82) is 0 Å². The number of hydrogen-bond donors (Lipinski definition) is 2. The molecule has 0 spiro atoms. The Balaban J connectivity index is 3.23. The number of carbonyl (C=O) groups excluding carboxylic acids is 2. The van der Waals surface area contributed by atoms with Crippen LogP contribution in [0, 0.1) is 19.8 Å². The van der Waals surface area contributed by atoms with Gasteiger partial charge in [-0.25, -0.2) is 17.9 Å². The molecule has 2 N–H and O–H groups in total. The number of nitrogens with one attached hydrogen (secondary N) is 2. The molecule has 1 aromatic carbocycles. The molecule has 0 heterocycles. The summed E-state index contributed by atoms with van der Waals surface area (Å²) in [6.45, 7) is 7.26. The van der Waals surface area contributed by atoms with E-state index < -0.39 is 27.9 Å². The van der Waals surface area contributed by atoms with Gasteiger partial charge in [0.05, 0.1) is 12.0 Å². The quantitative estimate of drug-likeness (QED) is 0.709. The number of hydrogen-bond acceptors (Lipinski definition) is 5. The summed E-state index contributed by atoms with van der Waals surface area (Å²) in [5.74, 6) is -0.884. The fourth-order valence-corrected chi connectivity index (χ4v) is 3.48. The lowest BCUT2D eigenvalue weighted by molar-refractivity contribution is -0.143. The summed E-state index contributed by atoms with van der Waals surface area (Å²) in [5.41, 5.74) is 1.41. The number of ether oxygens (including phenoxy) is 1. The highest BCUT2D eigenvalue weighted by molar-refractivity contribution is 7.89. The van der Waals surface area contributed by atoms with Gasteiger partial charge in [-0.2, -0.15) is 0 Å². The molecule has 0 saturated carbocycles. The normalized spacial score (nSPS) is 12.8. The van der Waals surface area contributed by atoms with E-state index in [4.69, 9.17) is 4.74 Å². The van der Waals surface area contributed by atoms with Crippen molar-refractivity contribution in [2.24, 2.45) is 5.92 Å². The van der Waals surface area contributed by atoms with Crippen LogP contribution in [0.15, 0.2) is 17.0 Å². The van der Waals surface area contributed by atoms with Crippen molar-refractivity contribution in [2.45, 2.75) is 45.1 Å². The van der Waals surface area contributed by atoms with Crippen LogP contribution in [0.1, 0.15) is 41.8 Å². The largest absolute Gasteiger partial charge is 0.467 e. The van der Waals surface area contributed by atoms with Crippen LogP contribution >= 0.6 is 0 Å². The maximum Gasteiger partial charge on any atom is 0.328 e. The van der Waals surface area contributed by atoms with Gasteiger partial charge in [0.15, 0.2) is 0 Å². The Morgan fingerprint density at radius 1 is 1.20 bits per heavy atom. The van der Waals surface area contributed by atoms with Gasteiger partial charge in [-0.1, -0.05) is 13.8 Å². The molecule has 140 valence electrons. The second kappa shape index (κ2) is 8.44. The van der Waals surface area contributed by atoms with Gasteiger partial charge in [-0.3, -0.25) is 4.79 Å². The van der Waals surface area contributed by atoms with Gasteiger partial charge >= 0.3 is 5.97 Å². The molecule has 1 rings (SSSR count). The number of carbonyl (C=O) groups is 2. The molecule has 0 aliphatic carbocycles. The summed E-state index contributed by atoms with van der Waals surface area (Å²) < 4.78 is 31.3. The maximum absolute atomic E-state index is 12.6. The van der Waals surface area contributed by atoms with Gasteiger partial charge in [-0.15, -0.1) is 0 Å². The van der Waals surface area contributed by atoms with E-state index in [1.807, 2.05) is 13.8 Å². The first-order valence-electron chi connectivity index (χ1n) is 7.97. The third-order valence-electron chi connectivity index (χ3n) is 3.94. The minimum atomic E-state index is -3.70. The predicted molar refractivity (Wildman–Crippen MR) is 94.9 cm³/mol. The molecule has 0 aliphatic rings. The lowest BCUT2D eigenvalue weighted by atomic mass is 10.0. The summed E-state index contributed by atoms with van der Waals surface area (Å²) in [6, 6.07) is 2.12. The van der Waals surface area contributed by atoms with Crippen molar-refractivity contribution in [1.82, 2.24) is 10.0 Å². The second-order valence-electron chi connectivity index (χ2n) is 6.30. The molecule has 25 heavy (non-hydrogen) atoms. The van der Waals surface area contributed by atoms with E-state index in [0.29, 0.717) is 17.5 Å². The van der Waals surface area contributed by atoms with Crippen LogP contribution in [0.25, 0.3) is 0 Å². The number of benzene rings is 1. The molecule has 7 nitrogen and oxygen atoms in total. The first-order valence-corrected chi connectivity index (χ1v) is 9.45. The van der Waals surface area contributed by atoms with Crippen LogP contribution in [0.4, 0.5) is 0 Å². The Morgan fingerprint density at radius 3 is 2.28 bits per heavy atom. The number of rotatable bonds is 7. The minimum Gasteiger partial charge on any atom is -0.467 e. The van der Waals surface area contributed by atoms with E-state index >= 15 is 0 Å². The summed E-state index contributed by atoms with van der Waals surface area (Å²) in [6.07, 6.45) is 0.422. The van der Waals surface area contributed by atoms with Crippen molar-refractivity contribution in [2.75, 3.05) is 14.2 Å². The summed E-state index contributed by atoms with van der Waals surface area (Å²) >= 11 is 0. The molecule has 0 fully saturated rings. The Bertz CT molecular complexity index is 757. The monoisotopic (exact) mass is 370 g/mol. The van der Waals surface area contributed by atoms with Crippen molar-refractivity contribution in [3.63, 3.8) is 0 Å². The molecule has 1 amide bonds. The van der Waals surface area contributed by atoms with Crippen LogP contribution < -0.4 is 10.0 Å². The van der Waals surface area contributed by atoms with E-state index in [-0.39, 0.29) is 16.4 Å². The molecule has 1 unspecified atom stereocenters. The van der Waals surface area contributed by atoms with Crippen LogP contribution in [-0.2, 0) is 19.6 Å². The molecular weight excluding hydrogens is 344 g/mol. The van der Waals surface area contributed by atoms with Crippen molar-refractivity contribution < 1.29 is 22.7 Å². The molecule has 0 saturated heterocycles. The number of methoxy groups -OCH3 is 1. The number of aryl methyl sites for hydroxylation is 1. The van der Waals surface area contributed by atoms with Crippen molar-refractivity contribution >= 4 is 21.9 Å². The fourth-order valence-electron chi connectivity index (χ4n) is 2.42. The molecule has 8 heteroatoms. The van der Waals surface area contributed by atoms with Crippen LogP contribution in [0.2, 0.25) is 0 Å². The number of sulfonamides is 1. The molecular formula is C17H26N2O5S. The average Bonchev–Trinajstić information content (AvgIpc) is 2.54. The first-order chi connectivity index (χ1) is 11.5. The van der Waals surface area contributed by atoms with Crippen molar-refractivity contribution in [3.05, 3.63) is 28.8 Å². The van der Waals surface area contributed by atoms with Gasteiger partial charge < -0.3 is 10.1 Å². The predicted octanol–water partition coefficient (Wildman–Crippen LogP) is 1.53. The average molecular weight is 370 g/mol. The Morgan fingerprint density at radius 2 is 1.80 bits per heavy atom. The zero-order valence-electron chi connectivity index (χ0n) is 15.5. The zero-order chi connectivity index (χ0) is 19.4. The van der Waals surface area contributed by atoms with Gasteiger partial charge in [-0.05, 0) is 56.5 Å². The maximum atomic E-state index is 12.6. The summed E-state index contributed by atoms with van der Waals surface area (Å²) in [7, 11) is -1.13. The Kier molecular flexibility index (Phi) is 7.13. The van der Waals surface area contributed by atoms with Gasteiger partial charge in [0, 0.05) is 5.56 Å². The molecule has 0 aromatic heterocycles. The first kappa shape index (κ1) is 21.1. The standard InChI is InChI=1S/C17H26N2O5S/c1-10(2)7-14(17(21)24-6)19-16(20)13-8-11(3)12(4)15(9-13)25(22,23)18-5/h8-10,14,18H,7H2,1-6H3,(H,19,20). The highest BCUT2D eigenvalue weighted by Gasteiger charge is 2.25. The second-order valence-corrected chi connectivity index (χ2v) is 8.16. The number of amides is 1. The van der Waals surface area contributed by atoms with Crippen LogP contribution in [-0.4, -0.2) is 40.5 Å². The summed E-state index contributed by atoms with van der Waals surface area (Å²) in [5, 5.41) is 2.63. The van der Waals surface area contributed by atoms with Gasteiger partial charge in [0.1, 0.15) is 6.04 Å².